The lowest BCUT2D eigenvalue weighted by atomic mass is 9.98. The van der Waals surface area contributed by atoms with Crippen LogP contribution in [-0.4, -0.2) is 0 Å². The Hall–Kier alpha value is 0. The van der Waals surface area contributed by atoms with Crippen LogP contribution in [0.4, 0.5) is 0 Å². The Morgan fingerprint density at radius 3 is 2.42 bits per heavy atom. The van der Waals surface area contributed by atoms with Crippen LogP contribution >= 0.6 is 0 Å². The third-order valence-corrected chi connectivity index (χ3v) is 3.41. The van der Waals surface area contributed by atoms with Crippen molar-refractivity contribution in [3.63, 3.8) is 0 Å². The van der Waals surface area contributed by atoms with Gasteiger partial charge in [-0.15, -0.1) is 0 Å². The molecule has 0 N–H and O–H groups in total. The van der Waals surface area contributed by atoms with Crippen LogP contribution in [-0.2, 0) is 0 Å². The summed E-state index contributed by atoms with van der Waals surface area (Å²) >= 11 is 0. The van der Waals surface area contributed by atoms with Crippen LogP contribution in [0.2, 0.25) is 0 Å². The first-order valence-corrected chi connectivity index (χ1v) is 5.77. The van der Waals surface area contributed by atoms with Crippen molar-refractivity contribution in [1.82, 2.24) is 0 Å². The minimum atomic E-state index is 0.980. The topological polar surface area (TPSA) is 0 Å². The summed E-state index contributed by atoms with van der Waals surface area (Å²) in [5.41, 5.74) is 0. The summed E-state index contributed by atoms with van der Waals surface area (Å²) in [4.78, 5) is 0. The van der Waals surface area contributed by atoms with E-state index in [4.69, 9.17) is 0 Å². The third-order valence-electron chi connectivity index (χ3n) is 3.41. The Kier molecular flexibility index (Phi) is 4.11. The van der Waals surface area contributed by atoms with E-state index >= 15 is 0 Å². The summed E-state index contributed by atoms with van der Waals surface area (Å²) in [6, 6.07) is 0. The van der Waals surface area contributed by atoms with E-state index < -0.39 is 0 Å². The molecule has 1 rings (SSSR count). The van der Waals surface area contributed by atoms with Crippen molar-refractivity contribution in [3.05, 3.63) is 0 Å². The molecule has 0 aliphatic heterocycles. The van der Waals surface area contributed by atoms with Gasteiger partial charge in [-0.2, -0.15) is 0 Å². The molecule has 0 spiro atoms. The monoisotopic (exact) mass is 168 g/mol. The molecular weight excluding hydrogens is 144 g/mol. The predicted octanol–water partition coefficient (Wildman–Crippen LogP) is 4.25. The fourth-order valence-corrected chi connectivity index (χ4v) is 2.30. The van der Waals surface area contributed by atoms with Gasteiger partial charge in [-0.05, 0) is 30.6 Å². The smallest absolute Gasteiger partial charge is 0.0383 e. The van der Waals surface area contributed by atoms with Gasteiger partial charge in [0.15, 0.2) is 0 Å². The molecule has 0 saturated heterocycles. The van der Waals surface area contributed by atoms with Gasteiger partial charge in [0, 0.05) is 0 Å². The third kappa shape index (κ3) is 3.16. The molecule has 0 aromatic carbocycles. The molecule has 0 heteroatoms. The summed E-state index contributed by atoms with van der Waals surface area (Å²) < 4.78 is 0. The van der Waals surface area contributed by atoms with Gasteiger partial charge in [-0.1, -0.05) is 46.5 Å². The number of hydrogen-bond donors (Lipinski definition) is 0. The second kappa shape index (κ2) is 4.89. The van der Waals surface area contributed by atoms with Crippen LogP contribution in [0.25, 0.3) is 0 Å². The lowest BCUT2D eigenvalue weighted by Gasteiger charge is -2.08. The first-order valence-electron chi connectivity index (χ1n) is 5.77. The predicted molar refractivity (Wildman–Crippen MR) is 55.2 cm³/mol. The van der Waals surface area contributed by atoms with Crippen molar-refractivity contribution < 1.29 is 0 Å². The first kappa shape index (κ1) is 10.1. The lowest BCUT2D eigenvalue weighted by molar-refractivity contribution is 0.444. The van der Waals surface area contributed by atoms with Crippen LogP contribution in [0.5, 0.6) is 0 Å². The molecule has 0 nitrogen and oxygen atoms in total. The van der Waals surface area contributed by atoms with Crippen LogP contribution in [0.1, 0.15) is 59.3 Å². The van der Waals surface area contributed by atoms with Crippen LogP contribution in [0, 0.1) is 17.8 Å². The van der Waals surface area contributed by atoms with E-state index in [0.717, 1.165) is 17.8 Å². The highest BCUT2D eigenvalue weighted by atomic mass is 14.4. The highest BCUT2D eigenvalue weighted by Gasteiger charge is 2.34. The number of rotatable bonds is 6. The fraction of sp³-hybridized carbons (Fsp3) is 1.00. The van der Waals surface area contributed by atoms with Crippen LogP contribution in [0.3, 0.4) is 0 Å². The second-order valence-electron chi connectivity index (χ2n) is 4.64. The second-order valence-corrected chi connectivity index (χ2v) is 4.64. The Labute approximate surface area is 77.7 Å². The standard InChI is InChI=1S/C12H24/c1-4-6-10(3)7-8-12-9-11(12)5-2/h10-12H,4-9H2,1-3H3. The van der Waals surface area contributed by atoms with Crippen molar-refractivity contribution in [2.45, 2.75) is 59.3 Å². The molecule has 3 atom stereocenters. The van der Waals surface area contributed by atoms with Gasteiger partial charge < -0.3 is 0 Å². The summed E-state index contributed by atoms with van der Waals surface area (Å²) in [7, 11) is 0. The van der Waals surface area contributed by atoms with Crippen molar-refractivity contribution in [1.29, 1.82) is 0 Å². The van der Waals surface area contributed by atoms with Crippen molar-refractivity contribution in [2.75, 3.05) is 0 Å². The zero-order valence-electron chi connectivity index (χ0n) is 8.97. The quantitative estimate of drug-likeness (QED) is 0.556. The van der Waals surface area contributed by atoms with E-state index in [2.05, 4.69) is 20.8 Å². The molecule has 0 aromatic rings. The molecule has 0 radical (unpaired) electrons. The normalized spacial score (nSPS) is 30.2. The van der Waals surface area contributed by atoms with Gasteiger partial charge in [0.2, 0.25) is 0 Å². The van der Waals surface area contributed by atoms with E-state index in [1.807, 2.05) is 0 Å². The summed E-state index contributed by atoms with van der Waals surface area (Å²) in [5, 5.41) is 0. The van der Waals surface area contributed by atoms with Gasteiger partial charge in [-0.25, -0.2) is 0 Å². The van der Waals surface area contributed by atoms with E-state index in [-0.39, 0.29) is 0 Å². The van der Waals surface area contributed by atoms with E-state index in [0.29, 0.717) is 0 Å². The maximum atomic E-state index is 2.41. The van der Waals surface area contributed by atoms with Crippen LogP contribution < -0.4 is 0 Å². The highest BCUT2D eigenvalue weighted by Crippen LogP contribution is 2.44. The molecule has 0 aromatic heterocycles. The summed E-state index contributed by atoms with van der Waals surface area (Å²) in [6.07, 6.45) is 8.75. The molecule has 1 saturated carbocycles. The number of hydrogen-bond acceptors (Lipinski definition) is 0. The lowest BCUT2D eigenvalue weighted by Crippen LogP contribution is -1.95. The van der Waals surface area contributed by atoms with Gasteiger partial charge in [0.25, 0.3) is 0 Å². The van der Waals surface area contributed by atoms with Crippen molar-refractivity contribution >= 4 is 0 Å². The van der Waals surface area contributed by atoms with Gasteiger partial charge in [0.1, 0.15) is 0 Å². The molecular formula is C12H24. The van der Waals surface area contributed by atoms with Gasteiger partial charge in [0.05, 0.1) is 0 Å². The molecule has 0 heterocycles. The van der Waals surface area contributed by atoms with E-state index in [1.54, 1.807) is 0 Å². The van der Waals surface area contributed by atoms with Crippen molar-refractivity contribution in [2.24, 2.45) is 17.8 Å². The zero-order valence-corrected chi connectivity index (χ0v) is 8.97. The molecule has 1 aliphatic carbocycles. The fourth-order valence-electron chi connectivity index (χ4n) is 2.30. The largest absolute Gasteiger partial charge is 0.0654 e. The minimum absolute atomic E-state index is 0.980. The first-order chi connectivity index (χ1) is 5.77. The van der Waals surface area contributed by atoms with Gasteiger partial charge >= 0.3 is 0 Å². The van der Waals surface area contributed by atoms with Crippen LogP contribution in [0.15, 0.2) is 0 Å². The Balaban J connectivity index is 1.95. The summed E-state index contributed by atoms with van der Waals surface area (Å²) in [6.45, 7) is 7.04. The average Bonchev–Trinajstić information content (AvgIpc) is 2.80. The SMILES string of the molecule is CCCC(C)CCC1CC1CC. The molecule has 0 bridgehead atoms. The maximum Gasteiger partial charge on any atom is -0.0383 e. The molecule has 1 aliphatic rings. The molecule has 3 unspecified atom stereocenters. The van der Waals surface area contributed by atoms with Gasteiger partial charge in [-0.3, -0.25) is 0 Å². The average molecular weight is 168 g/mol. The maximum absolute atomic E-state index is 2.41. The summed E-state index contributed by atoms with van der Waals surface area (Å²) in [5.74, 6) is 3.21. The molecule has 72 valence electrons. The molecule has 12 heavy (non-hydrogen) atoms. The van der Waals surface area contributed by atoms with Crippen molar-refractivity contribution in [3.8, 4) is 0 Å². The Morgan fingerprint density at radius 2 is 1.92 bits per heavy atom. The molecule has 0 amide bonds. The highest BCUT2D eigenvalue weighted by molar-refractivity contribution is 4.84. The minimum Gasteiger partial charge on any atom is -0.0654 e. The zero-order chi connectivity index (χ0) is 8.97. The Morgan fingerprint density at radius 1 is 1.17 bits per heavy atom. The molecule has 1 fully saturated rings. The van der Waals surface area contributed by atoms with E-state index in [9.17, 15) is 0 Å². The van der Waals surface area contributed by atoms with E-state index in [1.165, 1.54) is 38.5 Å². The Bertz CT molecular complexity index is 115.